The molecule has 0 bridgehead atoms. The fraction of sp³-hybridized carbons (Fsp3) is 0.500. The Morgan fingerprint density at radius 1 is 1.53 bits per heavy atom. The number of aromatic nitrogens is 2. The monoisotopic (exact) mass is 241 g/mol. The van der Waals surface area contributed by atoms with Gasteiger partial charge in [-0.2, -0.15) is 4.98 Å². The molecule has 1 rings (SSSR count). The van der Waals surface area contributed by atoms with Gasteiger partial charge < -0.3 is 15.5 Å². The van der Waals surface area contributed by atoms with Crippen molar-refractivity contribution in [3.05, 3.63) is 12.0 Å². The van der Waals surface area contributed by atoms with E-state index in [9.17, 15) is 9.18 Å². The van der Waals surface area contributed by atoms with Crippen LogP contribution in [0.1, 0.15) is 6.92 Å². The summed E-state index contributed by atoms with van der Waals surface area (Å²) >= 11 is 0. The van der Waals surface area contributed by atoms with Crippen LogP contribution in [0.25, 0.3) is 0 Å². The lowest BCUT2D eigenvalue weighted by atomic mass is 10.4. The molecule has 0 aliphatic heterocycles. The van der Waals surface area contributed by atoms with Gasteiger partial charge in [-0.3, -0.25) is 4.79 Å². The minimum atomic E-state index is -0.547. The van der Waals surface area contributed by atoms with E-state index < -0.39 is 5.82 Å². The smallest absolute Gasteiger partial charge is 0.239 e. The number of amides is 1. The fourth-order valence-corrected chi connectivity index (χ4v) is 1.29. The maximum Gasteiger partial charge on any atom is 0.239 e. The summed E-state index contributed by atoms with van der Waals surface area (Å²) < 4.78 is 13.6. The second-order valence-electron chi connectivity index (χ2n) is 3.30. The molecule has 0 aliphatic carbocycles. The first-order valence-corrected chi connectivity index (χ1v) is 5.28. The molecule has 7 heteroatoms. The molecule has 0 radical (unpaired) electrons. The van der Waals surface area contributed by atoms with Gasteiger partial charge in [0.05, 0.1) is 12.7 Å². The van der Waals surface area contributed by atoms with Gasteiger partial charge in [0.15, 0.2) is 11.6 Å². The van der Waals surface area contributed by atoms with Crippen molar-refractivity contribution in [3.63, 3.8) is 0 Å². The molecule has 1 amide bonds. The van der Waals surface area contributed by atoms with Crippen LogP contribution in [0.3, 0.4) is 0 Å². The minimum absolute atomic E-state index is 0.0596. The Kier molecular flexibility index (Phi) is 4.62. The number of likely N-dealkylation sites (N-methyl/N-ethyl adjacent to an activating group) is 2. The van der Waals surface area contributed by atoms with Crippen molar-refractivity contribution in [2.45, 2.75) is 6.92 Å². The van der Waals surface area contributed by atoms with Crippen molar-refractivity contribution in [2.75, 3.05) is 37.4 Å². The van der Waals surface area contributed by atoms with Crippen LogP contribution < -0.4 is 15.5 Å². The molecule has 0 aromatic carbocycles. The molecule has 0 saturated carbocycles. The minimum Gasteiger partial charge on any atom is -0.358 e. The number of nitrogens with zero attached hydrogens (tertiary/aromatic N) is 3. The number of hydrogen-bond donors (Lipinski definition) is 2. The molecule has 1 aromatic rings. The van der Waals surface area contributed by atoms with E-state index in [0.29, 0.717) is 12.5 Å². The Labute approximate surface area is 99.2 Å². The molecule has 0 atom stereocenters. The topological polar surface area (TPSA) is 70.2 Å². The lowest BCUT2D eigenvalue weighted by molar-refractivity contribution is -0.119. The molecule has 0 aliphatic rings. The number of rotatable bonds is 5. The van der Waals surface area contributed by atoms with Crippen LogP contribution >= 0.6 is 0 Å². The molecule has 0 fully saturated rings. The van der Waals surface area contributed by atoms with Crippen LogP contribution in [-0.4, -0.2) is 43.1 Å². The summed E-state index contributed by atoms with van der Waals surface area (Å²) in [5, 5.41) is 5.21. The molecule has 0 unspecified atom stereocenters. The molecule has 1 heterocycles. The highest BCUT2D eigenvalue weighted by Crippen LogP contribution is 2.16. The zero-order valence-electron chi connectivity index (χ0n) is 10.1. The third-order valence-electron chi connectivity index (χ3n) is 2.24. The van der Waals surface area contributed by atoms with Gasteiger partial charge in [-0.25, -0.2) is 9.37 Å². The molecule has 0 saturated heterocycles. The maximum absolute atomic E-state index is 13.6. The number of hydrogen-bond acceptors (Lipinski definition) is 5. The summed E-state index contributed by atoms with van der Waals surface area (Å²) in [5.41, 5.74) is 0. The van der Waals surface area contributed by atoms with Gasteiger partial charge in [0, 0.05) is 20.6 Å². The van der Waals surface area contributed by atoms with E-state index in [0.717, 1.165) is 6.20 Å². The van der Waals surface area contributed by atoms with Gasteiger partial charge in [-0.05, 0) is 6.92 Å². The summed E-state index contributed by atoms with van der Waals surface area (Å²) in [5.74, 6) is -0.308. The lowest BCUT2D eigenvalue weighted by Gasteiger charge is -2.21. The Balaban J connectivity index is 2.97. The highest BCUT2D eigenvalue weighted by molar-refractivity contribution is 5.80. The first-order chi connectivity index (χ1) is 8.12. The first-order valence-electron chi connectivity index (χ1n) is 5.28. The van der Waals surface area contributed by atoms with Crippen LogP contribution in [0.15, 0.2) is 6.20 Å². The van der Waals surface area contributed by atoms with Crippen molar-refractivity contribution >= 4 is 17.7 Å². The third-order valence-corrected chi connectivity index (χ3v) is 2.24. The van der Waals surface area contributed by atoms with Crippen LogP contribution in [-0.2, 0) is 4.79 Å². The van der Waals surface area contributed by atoms with Gasteiger partial charge in [-0.1, -0.05) is 0 Å². The quantitative estimate of drug-likeness (QED) is 0.772. The maximum atomic E-state index is 13.6. The molecule has 94 valence electrons. The van der Waals surface area contributed by atoms with E-state index in [1.165, 1.54) is 11.9 Å². The summed E-state index contributed by atoms with van der Waals surface area (Å²) in [6, 6.07) is 0. The number of nitrogens with one attached hydrogen (secondary N) is 2. The second-order valence-corrected chi connectivity index (χ2v) is 3.30. The van der Waals surface area contributed by atoms with E-state index >= 15 is 0 Å². The van der Waals surface area contributed by atoms with Gasteiger partial charge >= 0.3 is 0 Å². The predicted molar refractivity (Wildman–Crippen MR) is 63.5 cm³/mol. The van der Waals surface area contributed by atoms with Crippen molar-refractivity contribution < 1.29 is 9.18 Å². The zero-order chi connectivity index (χ0) is 12.8. The standard InChI is InChI=1S/C10H16FN5O/c1-4-16(6-8(17)12-2)9-7(11)5-14-10(13-3)15-9/h5H,4,6H2,1-3H3,(H,12,17)(H,13,14,15). The average molecular weight is 241 g/mol. The van der Waals surface area contributed by atoms with Crippen LogP contribution in [0.2, 0.25) is 0 Å². The number of carbonyl (C=O) groups is 1. The van der Waals surface area contributed by atoms with Crippen LogP contribution in [0, 0.1) is 5.82 Å². The molecule has 0 spiro atoms. The molecule has 2 N–H and O–H groups in total. The average Bonchev–Trinajstić information content (AvgIpc) is 2.36. The number of carbonyl (C=O) groups excluding carboxylic acids is 1. The molecule has 1 aromatic heterocycles. The Hall–Kier alpha value is -1.92. The first kappa shape index (κ1) is 13.1. The highest BCUT2D eigenvalue weighted by Gasteiger charge is 2.15. The van der Waals surface area contributed by atoms with Crippen molar-refractivity contribution in [1.29, 1.82) is 0 Å². The lowest BCUT2D eigenvalue weighted by Crippen LogP contribution is -2.36. The van der Waals surface area contributed by atoms with Gasteiger partial charge in [0.1, 0.15) is 0 Å². The van der Waals surface area contributed by atoms with Gasteiger partial charge in [0.2, 0.25) is 11.9 Å². The molecule has 6 nitrogen and oxygen atoms in total. The zero-order valence-corrected chi connectivity index (χ0v) is 10.1. The van der Waals surface area contributed by atoms with Crippen LogP contribution in [0.4, 0.5) is 16.2 Å². The number of halogens is 1. The molecular weight excluding hydrogens is 225 g/mol. The Bertz CT molecular complexity index is 398. The third kappa shape index (κ3) is 3.27. The summed E-state index contributed by atoms with van der Waals surface area (Å²) in [4.78, 5) is 20.6. The van der Waals surface area contributed by atoms with Crippen molar-refractivity contribution in [3.8, 4) is 0 Å². The Morgan fingerprint density at radius 3 is 2.76 bits per heavy atom. The van der Waals surface area contributed by atoms with Crippen LogP contribution in [0.5, 0.6) is 0 Å². The van der Waals surface area contributed by atoms with E-state index in [-0.39, 0.29) is 18.3 Å². The van der Waals surface area contributed by atoms with E-state index in [4.69, 9.17) is 0 Å². The summed E-state index contributed by atoms with van der Waals surface area (Å²) in [7, 11) is 3.18. The Morgan fingerprint density at radius 2 is 2.24 bits per heavy atom. The normalized spacial score (nSPS) is 9.88. The SMILES string of the molecule is CCN(CC(=O)NC)c1nc(NC)ncc1F. The van der Waals surface area contributed by atoms with Gasteiger partial charge in [-0.15, -0.1) is 0 Å². The largest absolute Gasteiger partial charge is 0.358 e. The number of anilines is 2. The fourth-order valence-electron chi connectivity index (χ4n) is 1.29. The van der Waals surface area contributed by atoms with E-state index in [1.54, 1.807) is 7.05 Å². The van der Waals surface area contributed by atoms with Gasteiger partial charge in [0.25, 0.3) is 0 Å². The van der Waals surface area contributed by atoms with Crippen molar-refractivity contribution in [1.82, 2.24) is 15.3 Å². The summed E-state index contributed by atoms with van der Waals surface area (Å²) in [6.45, 7) is 2.36. The molecule has 17 heavy (non-hydrogen) atoms. The summed E-state index contributed by atoms with van der Waals surface area (Å²) in [6.07, 6.45) is 1.08. The predicted octanol–water partition coefficient (Wildman–Crippen LogP) is 0.230. The van der Waals surface area contributed by atoms with Crippen molar-refractivity contribution in [2.24, 2.45) is 0 Å². The second kappa shape index (κ2) is 5.97. The van der Waals surface area contributed by atoms with E-state index in [2.05, 4.69) is 20.6 Å². The highest BCUT2D eigenvalue weighted by atomic mass is 19.1. The molecular formula is C10H16FN5O. The van der Waals surface area contributed by atoms with E-state index in [1.807, 2.05) is 6.92 Å².